The summed E-state index contributed by atoms with van der Waals surface area (Å²) in [6, 6.07) is 21.8. The van der Waals surface area contributed by atoms with Gasteiger partial charge in [-0.2, -0.15) is 4.31 Å². The van der Waals surface area contributed by atoms with E-state index in [0.29, 0.717) is 19.5 Å². The van der Waals surface area contributed by atoms with Gasteiger partial charge in [0.15, 0.2) is 0 Å². The third kappa shape index (κ3) is 4.44. The maximum Gasteiger partial charge on any atom is 0.211 e. The molecule has 0 spiro atoms. The first-order chi connectivity index (χ1) is 13.9. The van der Waals surface area contributed by atoms with E-state index < -0.39 is 10.0 Å². The summed E-state index contributed by atoms with van der Waals surface area (Å²) in [4.78, 5) is 0. The van der Waals surface area contributed by atoms with Crippen LogP contribution in [0.4, 0.5) is 11.4 Å². The molecule has 0 aromatic heterocycles. The van der Waals surface area contributed by atoms with Crippen molar-refractivity contribution in [3.05, 3.63) is 83.4 Å². The van der Waals surface area contributed by atoms with Gasteiger partial charge in [0.1, 0.15) is 11.5 Å². The number of ether oxygens (including phenoxy) is 1. The first kappa shape index (κ1) is 19.5. The Morgan fingerprint density at radius 2 is 1.79 bits per heavy atom. The number of anilines is 2. The van der Waals surface area contributed by atoms with E-state index in [9.17, 15) is 8.42 Å². The number of nitrogens with one attached hydrogen (secondary N) is 1. The zero-order chi connectivity index (χ0) is 20.4. The van der Waals surface area contributed by atoms with Crippen LogP contribution in [0.1, 0.15) is 16.7 Å². The van der Waals surface area contributed by atoms with Crippen LogP contribution in [0.15, 0.2) is 66.7 Å². The summed E-state index contributed by atoms with van der Waals surface area (Å²) in [5, 5.41) is 3.49. The topological polar surface area (TPSA) is 58.6 Å². The molecule has 1 aliphatic rings. The fourth-order valence-electron chi connectivity index (χ4n) is 3.54. The van der Waals surface area contributed by atoms with Crippen molar-refractivity contribution in [1.29, 1.82) is 0 Å². The van der Waals surface area contributed by atoms with Gasteiger partial charge in [0.2, 0.25) is 10.0 Å². The fourth-order valence-corrected chi connectivity index (χ4v) is 4.34. The number of hydrogen-bond acceptors (Lipinski definition) is 4. The van der Waals surface area contributed by atoms with Crippen molar-refractivity contribution in [2.24, 2.45) is 0 Å². The lowest BCUT2D eigenvalue weighted by atomic mass is 9.99. The highest BCUT2D eigenvalue weighted by Crippen LogP contribution is 2.32. The molecular weight excluding hydrogens is 384 g/mol. The summed E-state index contributed by atoms with van der Waals surface area (Å²) >= 11 is 0. The SMILES string of the molecule is Cc1ccc(Nc2cccc3c2CCN(S(C)(=O)=O)C3)cc1Oc1ccccc1. The number of para-hydroxylation sites is 1. The Hall–Kier alpha value is -2.83. The van der Waals surface area contributed by atoms with Gasteiger partial charge >= 0.3 is 0 Å². The number of hydrogen-bond donors (Lipinski definition) is 1. The molecule has 5 nitrogen and oxygen atoms in total. The van der Waals surface area contributed by atoms with Gasteiger partial charge in [0, 0.05) is 30.5 Å². The largest absolute Gasteiger partial charge is 0.457 e. The van der Waals surface area contributed by atoms with Gasteiger partial charge in [-0.3, -0.25) is 0 Å². The molecule has 6 heteroatoms. The van der Waals surface area contributed by atoms with Crippen molar-refractivity contribution >= 4 is 21.4 Å². The molecule has 150 valence electrons. The highest BCUT2D eigenvalue weighted by atomic mass is 32.2. The smallest absolute Gasteiger partial charge is 0.211 e. The molecule has 0 atom stereocenters. The lowest BCUT2D eigenvalue weighted by Crippen LogP contribution is -2.35. The number of benzene rings is 3. The Labute approximate surface area is 172 Å². The highest BCUT2D eigenvalue weighted by Gasteiger charge is 2.24. The van der Waals surface area contributed by atoms with Crippen LogP contribution in [0, 0.1) is 6.92 Å². The van der Waals surface area contributed by atoms with E-state index in [0.717, 1.165) is 34.0 Å². The minimum absolute atomic E-state index is 0.417. The van der Waals surface area contributed by atoms with E-state index in [-0.39, 0.29) is 0 Å². The van der Waals surface area contributed by atoms with Crippen LogP contribution in [0.3, 0.4) is 0 Å². The van der Waals surface area contributed by atoms with E-state index in [2.05, 4.69) is 5.32 Å². The van der Waals surface area contributed by atoms with Gasteiger partial charge in [0.25, 0.3) is 0 Å². The van der Waals surface area contributed by atoms with Crippen LogP contribution in [0.2, 0.25) is 0 Å². The molecule has 4 rings (SSSR count). The summed E-state index contributed by atoms with van der Waals surface area (Å²) in [5.41, 5.74) is 5.20. The van der Waals surface area contributed by atoms with E-state index in [1.165, 1.54) is 16.1 Å². The first-order valence-corrected chi connectivity index (χ1v) is 11.4. The number of fused-ring (bicyclic) bond motifs is 1. The van der Waals surface area contributed by atoms with Crippen molar-refractivity contribution < 1.29 is 13.2 Å². The highest BCUT2D eigenvalue weighted by molar-refractivity contribution is 7.88. The minimum Gasteiger partial charge on any atom is -0.457 e. The Balaban J connectivity index is 1.58. The molecule has 0 saturated heterocycles. The van der Waals surface area contributed by atoms with Crippen LogP contribution in [0.25, 0.3) is 0 Å². The van der Waals surface area contributed by atoms with Crippen LogP contribution >= 0.6 is 0 Å². The molecule has 0 bridgehead atoms. The summed E-state index contributed by atoms with van der Waals surface area (Å²) in [7, 11) is -3.18. The third-order valence-electron chi connectivity index (χ3n) is 5.14. The Bertz CT molecular complexity index is 1130. The fraction of sp³-hybridized carbons (Fsp3) is 0.217. The van der Waals surface area contributed by atoms with Crippen molar-refractivity contribution in [1.82, 2.24) is 4.31 Å². The summed E-state index contributed by atoms with van der Waals surface area (Å²) < 4.78 is 31.3. The van der Waals surface area contributed by atoms with Gasteiger partial charge in [-0.05, 0) is 54.3 Å². The number of nitrogens with zero attached hydrogens (tertiary/aromatic N) is 1. The Morgan fingerprint density at radius 1 is 1.00 bits per heavy atom. The summed E-state index contributed by atoms with van der Waals surface area (Å²) in [6.45, 7) is 2.94. The average molecular weight is 409 g/mol. The van der Waals surface area contributed by atoms with Gasteiger partial charge in [-0.1, -0.05) is 36.4 Å². The van der Waals surface area contributed by atoms with E-state index >= 15 is 0 Å². The molecule has 3 aromatic rings. The van der Waals surface area contributed by atoms with Crippen LogP contribution < -0.4 is 10.1 Å². The molecule has 0 aliphatic carbocycles. The second-order valence-corrected chi connectivity index (χ2v) is 9.29. The van der Waals surface area contributed by atoms with E-state index in [4.69, 9.17) is 4.74 Å². The predicted molar refractivity (Wildman–Crippen MR) is 116 cm³/mol. The zero-order valence-electron chi connectivity index (χ0n) is 16.6. The number of sulfonamides is 1. The molecule has 29 heavy (non-hydrogen) atoms. The third-order valence-corrected chi connectivity index (χ3v) is 6.39. The number of aryl methyl sites for hydroxylation is 1. The Morgan fingerprint density at radius 3 is 2.55 bits per heavy atom. The normalized spacial score (nSPS) is 14.3. The van der Waals surface area contributed by atoms with Gasteiger partial charge < -0.3 is 10.1 Å². The van der Waals surface area contributed by atoms with Crippen molar-refractivity contribution in [3.8, 4) is 11.5 Å². The minimum atomic E-state index is -3.18. The van der Waals surface area contributed by atoms with Gasteiger partial charge in [-0.15, -0.1) is 0 Å². The van der Waals surface area contributed by atoms with Gasteiger partial charge in [0.05, 0.1) is 6.26 Å². The van der Waals surface area contributed by atoms with E-state index in [1.54, 1.807) is 0 Å². The molecule has 3 aromatic carbocycles. The van der Waals surface area contributed by atoms with Crippen molar-refractivity contribution in [2.45, 2.75) is 19.9 Å². The molecule has 0 amide bonds. The molecule has 0 saturated carbocycles. The Kier molecular flexibility index (Phi) is 5.30. The van der Waals surface area contributed by atoms with Crippen molar-refractivity contribution in [3.63, 3.8) is 0 Å². The molecular formula is C23H24N2O3S. The standard InChI is InChI=1S/C23H24N2O3S/c1-17-11-12-19(15-23(17)28-20-8-4-3-5-9-20)24-22-10-6-7-18-16-25(29(2,26)27)14-13-21(18)22/h3-12,15,24H,13-14,16H2,1-2H3. The van der Waals surface area contributed by atoms with Gasteiger partial charge in [-0.25, -0.2) is 8.42 Å². The second-order valence-electron chi connectivity index (χ2n) is 7.31. The van der Waals surface area contributed by atoms with Crippen LogP contribution in [-0.4, -0.2) is 25.5 Å². The summed E-state index contributed by atoms with van der Waals surface area (Å²) in [5.74, 6) is 1.60. The average Bonchev–Trinajstić information content (AvgIpc) is 2.70. The quantitative estimate of drug-likeness (QED) is 0.656. The zero-order valence-corrected chi connectivity index (χ0v) is 17.4. The number of rotatable bonds is 5. The summed E-state index contributed by atoms with van der Waals surface area (Å²) in [6.07, 6.45) is 1.95. The van der Waals surface area contributed by atoms with Crippen molar-refractivity contribution in [2.75, 3.05) is 18.1 Å². The first-order valence-electron chi connectivity index (χ1n) is 9.56. The maximum absolute atomic E-state index is 11.9. The molecule has 1 aliphatic heterocycles. The lowest BCUT2D eigenvalue weighted by Gasteiger charge is -2.28. The van der Waals surface area contributed by atoms with E-state index in [1.807, 2.05) is 73.7 Å². The lowest BCUT2D eigenvalue weighted by molar-refractivity contribution is 0.395. The monoisotopic (exact) mass is 408 g/mol. The second kappa shape index (κ2) is 7.89. The molecule has 1 N–H and O–H groups in total. The maximum atomic E-state index is 11.9. The molecule has 0 unspecified atom stereocenters. The predicted octanol–water partition coefficient (Wildman–Crippen LogP) is 4.85. The van der Waals surface area contributed by atoms with Crippen LogP contribution in [0.5, 0.6) is 11.5 Å². The molecule has 0 fully saturated rings. The molecule has 1 heterocycles. The van der Waals surface area contributed by atoms with Crippen LogP contribution in [-0.2, 0) is 23.0 Å². The molecule has 0 radical (unpaired) electrons.